The lowest BCUT2D eigenvalue weighted by atomic mass is 10.00. The van der Waals surface area contributed by atoms with Crippen LogP contribution in [0.2, 0.25) is 0 Å². The van der Waals surface area contributed by atoms with Gasteiger partial charge in [0.05, 0.1) is 18.8 Å². The molecule has 0 aromatic rings. The van der Waals surface area contributed by atoms with Gasteiger partial charge >= 0.3 is 0 Å². The van der Waals surface area contributed by atoms with Crippen LogP contribution in [0.25, 0.3) is 0 Å². The Labute approximate surface area is 158 Å². The maximum atomic E-state index is 5.82. The van der Waals surface area contributed by atoms with Gasteiger partial charge in [0.15, 0.2) is 5.96 Å². The van der Waals surface area contributed by atoms with E-state index in [1.807, 2.05) is 6.92 Å². The van der Waals surface area contributed by atoms with E-state index >= 15 is 0 Å². The first-order chi connectivity index (χ1) is 10.4. The smallest absolute Gasteiger partial charge is 0.191 e. The van der Waals surface area contributed by atoms with Gasteiger partial charge in [-0.05, 0) is 34.6 Å². The summed E-state index contributed by atoms with van der Waals surface area (Å²) in [6.07, 6.45) is 0.568. The number of ether oxygens (including phenoxy) is 2. The summed E-state index contributed by atoms with van der Waals surface area (Å²) >= 11 is 0. The molecule has 0 aliphatic carbocycles. The molecule has 2 unspecified atom stereocenters. The van der Waals surface area contributed by atoms with E-state index in [0.29, 0.717) is 6.61 Å². The first kappa shape index (κ1) is 22.9. The molecule has 6 nitrogen and oxygen atoms in total. The molecule has 1 fully saturated rings. The minimum absolute atomic E-state index is 0. The molecule has 0 amide bonds. The summed E-state index contributed by atoms with van der Waals surface area (Å²) < 4.78 is 11.1. The monoisotopic (exact) mass is 442 g/mol. The number of nitrogens with one attached hydrogen (secondary N) is 2. The Balaban J connectivity index is 0.00000484. The van der Waals surface area contributed by atoms with Crippen molar-refractivity contribution < 1.29 is 9.47 Å². The van der Waals surface area contributed by atoms with Crippen LogP contribution in [0.5, 0.6) is 0 Å². The van der Waals surface area contributed by atoms with E-state index in [1.54, 1.807) is 7.05 Å². The fourth-order valence-electron chi connectivity index (χ4n) is 2.69. The van der Waals surface area contributed by atoms with Crippen molar-refractivity contribution in [1.82, 2.24) is 15.5 Å². The van der Waals surface area contributed by atoms with E-state index in [-0.39, 0.29) is 41.7 Å². The van der Waals surface area contributed by atoms with Crippen molar-refractivity contribution in [2.45, 2.75) is 52.4 Å². The molecule has 0 aromatic carbocycles. The summed E-state index contributed by atoms with van der Waals surface area (Å²) in [6.45, 7) is 15.8. The normalized spacial score (nSPS) is 23.3. The summed E-state index contributed by atoms with van der Waals surface area (Å²) in [5, 5.41) is 6.68. The summed E-state index contributed by atoms with van der Waals surface area (Å²) in [4.78, 5) is 6.75. The van der Waals surface area contributed by atoms with Crippen molar-refractivity contribution in [2.75, 3.05) is 46.4 Å². The number of nitrogens with zero attached hydrogens (tertiary/aromatic N) is 2. The first-order valence-corrected chi connectivity index (χ1v) is 8.31. The first-order valence-electron chi connectivity index (χ1n) is 8.31. The van der Waals surface area contributed by atoms with Crippen molar-refractivity contribution in [3.8, 4) is 0 Å². The number of rotatable bonds is 7. The Morgan fingerprint density at radius 3 is 2.39 bits per heavy atom. The van der Waals surface area contributed by atoms with E-state index in [0.717, 1.165) is 38.7 Å². The van der Waals surface area contributed by atoms with Crippen LogP contribution in [-0.4, -0.2) is 75.0 Å². The summed E-state index contributed by atoms with van der Waals surface area (Å²) in [7, 11) is 1.79. The van der Waals surface area contributed by atoms with E-state index < -0.39 is 0 Å². The lowest BCUT2D eigenvalue weighted by Gasteiger charge is -2.45. The molecule has 1 saturated heterocycles. The largest absolute Gasteiger partial charge is 0.380 e. The highest BCUT2D eigenvalue weighted by molar-refractivity contribution is 14.0. The van der Waals surface area contributed by atoms with Gasteiger partial charge in [-0.3, -0.25) is 9.89 Å². The fourth-order valence-corrected chi connectivity index (χ4v) is 2.69. The molecule has 1 heterocycles. The summed E-state index contributed by atoms with van der Waals surface area (Å²) in [5.41, 5.74) is 0.0455. The van der Waals surface area contributed by atoms with Gasteiger partial charge in [-0.2, -0.15) is 0 Å². The van der Waals surface area contributed by atoms with Crippen LogP contribution in [0.3, 0.4) is 0 Å². The van der Waals surface area contributed by atoms with Gasteiger partial charge in [0.25, 0.3) is 0 Å². The number of aliphatic imine (C=N–C) groups is 1. The predicted octanol–water partition coefficient (Wildman–Crippen LogP) is 1.69. The maximum absolute atomic E-state index is 5.82. The molecule has 0 aromatic heterocycles. The molecule has 0 radical (unpaired) electrons. The third-order valence-corrected chi connectivity index (χ3v) is 3.93. The fraction of sp³-hybridized carbons (Fsp3) is 0.938. The van der Waals surface area contributed by atoms with Crippen LogP contribution in [0, 0.1) is 0 Å². The average Bonchev–Trinajstić information content (AvgIpc) is 2.45. The van der Waals surface area contributed by atoms with Crippen molar-refractivity contribution in [1.29, 1.82) is 0 Å². The van der Waals surface area contributed by atoms with Crippen LogP contribution in [0.1, 0.15) is 34.6 Å². The Morgan fingerprint density at radius 1 is 1.26 bits per heavy atom. The van der Waals surface area contributed by atoms with E-state index in [4.69, 9.17) is 9.47 Å². The van der Waals surface area contributed by atoms with Crippen molar-refractivity contribution in [3.05, 3.63) is 0 Å². The van der Waals surface area contributed by atoms with E-state index in [1.165, 1.54) is 0 Å². The molecule has 0 saturated carbocycles. The Morgan fingerprint density at radius 2 is 1.87 bits per heavy atom. The number of morpholine rings is 1. The highest BCUT2D eigenvalue weighted by atomic mass is 127. The average molecular weight is 442 g/mol. The van der Waals surface area contributed by atoms with E-state index in [2.05, 4.69) is 48.2 Å². The summed E-state index contributed by atoms with van der Waals surface area (Å²) in [6, 6.07) is 0. The van der Waals surface area contributed by atoms with Crippen LogP contribution in [-0.2, 0) is 9.47 Å². The molecular formula is C16H35IN4O2. The van der Waals surface area contributed by atoms with Crippen LogP contribution < -0.4 is 10.6 Å². The number of hydrogen-bond acceptors (Lipinski definition) is 4. The van der Waals surface area contributed by atoms with Gasteiger partial charge in [-0.25, -0.2) is 0 Å². The highest BCUT2D eigenvalue weighted by Crippen LogP contribution is 2.20. The molecule has 1 aliphatic rings. The predicted molar refractivity (Wildman–Crippen MR) is 107 cm³/mol. The van der Waals surface area contributed by atoms with Gasteiger partial charge in [0, 0.05) is 45.4 Å². The highest BCUT2D eigenvalue weighted by Gasteiger charge is 2.33. The van der Waals surface area contributed by atoms with Gasteiger partial charge in [-0.15, -0.1) is 24.0 Å². The van der Waals surface area contributed by atoms with Gasteiger partial charge in [0.1, 0.15) is 0 Å². The van der Waals surface area contributed by atoms with E-state index in [9.17, 15) is 0 Å². The lowest BCUT2D eigenvalue weighted by molar-refractivity contribution is -0.0946. The molecule has 1 rings (SSSR count). The van der Waals surface area contributed by atoms with Gasteiger partial charge < -0.3 is 20.1 Å². The topological polar surface area (TPSA) is 58.1 Å². The molecule has 0 spiro atoms. The van der Waals surface area contributed by atoms with Gasteiger partial charge in [0.2, 0.25) is 0 Å². The molecule has 138 valence electrons. The van der Waals surface area contributed by atoms with Gasteiger partial charge in [-0.1, -0.05) is 0 Å². The Hall–Kier alpha value is -0.120. The molecule has 23 heavy (non-hydrogen) atoms. The van der Waals surface area contributed by atoms with Crippen LogP contribution >= 0.6 is 24.0 Å². The van der Waals surface area contributed by atoms with Crippen molar-refractivity contribution in [2.24, 2.45) is 4.99 Å². The second kappa shape index (κ2) is 11.4. The third kappa shape index (κ3) is 8.51. The molecule has 2 atom stereocenters. The zero-order valence-corrected chi connectivity index (χ0v) is 17.8. The minimum Gasteiger partial charge on any atom is -0.380 e. The number of hydrogen-bond donors (Lipinski definition) is 2. The second-order valence-electron chi connectivity index (χ2n) is 6.52. The standard InChI is InChI=1S/C16H34N4O2.HI/c1-7-21-9-8-18-15(17-6)19-12-16(4,5)20-10-13(2)22-14(3)11-20;/h13-14H,7-12H2,1-6H3,(H2,17,18,19);1H. The molecular weight excluding hydrogens is 407 g/mol. The number of halogens is 1. The molecule has 0 bridgehead atoms. The molecule has 2 N–H and O–H groups in total. The lowest BCUT2D eigenvalue weighted by Crippen LogP contribution is -2.59. The minimum atomic E-state index is 0. The number of guanidine groups is 1. The molecule has 7 heteroatoms. The van der Waals surface area contributed by atoms with Crippen molar-refractivity contribution in [3.63, 3.8) is 0 Å². The van der Waals surface area contributed by atoms with Crippen LogP contribution in [0.4, 0.5) is 0 Å². The Bertz CT molecular complexity index is 343. The SMILES string of the molecule is CCOCCNC(=NC)NCC(C)(C)N1CC(C)OC(C)C1.I. The van der Waals surface area contributed by atoms with Crippen LogP contribution in [0.15, 0.2) is 4.99 Å². The molecule has 1 aliphatic heterocycles. The second-order valence-corrected chi connectivity index (χ2v) is 6.52. The zero-order valence-electron chi connectivity index (χ0n) is 15.5. The zero-order chi connectivity index (χ0) is 16.6. The Kier molecular flexibility index (Phi) is 11.4. The summed E-state index contributed by atoms with van der Waals surface area (Å²) in [5.74, 6) is 0.821. The maximum Gasteiger partial charge on any atom is 0.191 e. The third-order valence-electron chi connectivity index (χ3n) is 3.93. The van der Waals surface area contributed by atoms with Crippen molar-refractivity contribution >= 4 is 29.9 Å². The quantitative estimate of drug-likeness (QED) is 0.272.